The van der Waals surface area contributed by atoms with Crippen molar-refractivity contribution in [3.63, 3.8) is 0 Å². The highest BCUT2D eigenvalue weighted by molar-refractivity contribution is 7.98. The van der Waals surface area contributed by atoms with Gasteiger partial charge in [0.05, 0.1) is 0 Å². The largest absolute Gasteiger partial charge is 0.454 e. The highest BCUT2D eigenvalue weighted by atomic mass is 32.2. The number of hydrogen-bond acceptors (Lipinski definition) is 6. The van der Waals surface area contributed by atoms with E-state index in [4.69, 9.17) is 13.9 Å². The molecule has 0 N–H and O–H groups in total. The highest BCUT2D eigenvalue weighted by Gasteiger charge is 2.16. The second kappa shape index (κ2) is 6.68. The topological polar surface area (TPSA) is 57.4 Å². The molecule has 0 atom stereocenters. The zero-order valence-corrected chi connectivity index (χ0v) is 15.8. The number of ether oxygens (including phenoxy) is 2. The molecule has 0 radical (unpaired) electrons. The summed E-state index contributed by atoms with van der Waals surface area (Å²) in [6, 6.07) is 14.2. The molecule has 1 aromatic heterocycles. The van der Waals surface area contributed by atoms with Gasteiger partial charge in [-0.1, -0.05) is 50.7 Å². The first kappa shape index (κ1) is 17.0. The van der Waals surface area contributed by atoms with Crippen LogP contribution in [0.25, 0.3) is 11.5 Å². The molecule has 1 aliphatic heterocycles. The summed E-state index contributed by atoms with van der Waals surface area (Å²) in [5.74, 6) is 2.84. The molecule has 2 aromatic carbocycles. The third kappa shape index (κ3) is 3.55. The second-order valence-electron chi connectivity index (χ2n) is 7.18. The van der Waals surface area contributed by atoms with Crippen molar-refractivity contribution in [2.45, 2.75) is 37.2 Å². The zero-order chi connectivity index (χ0) is 18.1. The lowest BCUT2D eigenvalue weighted by molar-refractivity contribution is 0.174. The fourth-order valence-corrected chi connectivity index (χ4v) is 3.38. The molecule has 0 fully saturated rings. The molecule has 0 spiro atoms. The van der Waals surface area contributed by atoms with Crippen molar-refractivity contribution in [3.05, 3.63) is 53.6 Å². The Kier molecular flexibility index (Phi) is 4.36. The predicted molar refractivity (Wildman–Crippen MR) is 101 cm³/mol. The van der Waals surface area contributed by atoms with Crippen molar-refractivity contribution in [1.82, 2.24) is 10.2 Å². The van der Waals surface area contributed by atoms with Crippen molar-refractivity contribution in [2.24, 2.45) is 0 Å². The summed E-state index contributed by atoms with van der Waals surface area (Å²) in [5.41, 5.74) is 3.45. The van der Waals surface area contributed by atoms with Crippen molar-refractivity contribution in [3.8, 4) is 23.0 Å². The smallest absolute Gasteiger partial charge is 0.277 e. The summed E-state index contributed by atoms with van der Waals surface area (Å²) < 4.78 is 16.5. The summed E-state index contributed by atoms with van der Waals surface area (Å²) in [5, 5.41) is 8.86. The average molecular weight is 368 g/mol. The average Bonchev–Trinajstić information content (AvgIpc) is 3.28. The van der Waals surface area contributed by atoms with Gasteiger partial charge in [0.25, 0.3) is 5.22 Å². The van der Waals surface area contributed by atoms with E-state index in [0.29, 0.717) is 11.1 Å². The van der Waals surface area contributed by atoms with Gasteiger partial charge in [-0.05, 0) is 40.8 Å². The Labute approximate surface area is 156 Å². The Morgan fingerprint density at radius 2 is 1.73 bits per heavy atom. The van der Waals surface area contributed by atoms with Gasteiger partial charge >= 0.3 is 0 Å². The number of aromatic nitrogens is 2. The van der Waals surface area contributed by atoms with Crippen LogP contribution in [0.4, 0.5) is 0 Å². The van der Waals surface area contributed by atoms with E-state index in [1.807, 2.05) is 30.3 Å². The highest BCUT2D eigenvalue weighted by Crippen LogP contribution is 2.34. The predicted octanol–water partition coefficient (Wildman–Crippen LogP) is 5.06. The molecular weight excluding hydrogens is 348 g/mol. The maximum Gasteiger partial charge on any atom is 0.277 e. The standard InChI is InChI=1S/C20H20N2O3S/c1-20(2,3)15-7-5-14(6-8-15)18-21-22-19(25-18)26-11-13-4-9-16-17(10-13)24-12-23-16/h4-10H,11-12H2,1-3H3. The second-order valence-corrected chi connectivity index (χ2v) is 8.10. The van der Waals surface area contributed by atoms with Crippen LogP contribution in [0.2, 0.25) is 0 Å². The summed E-state index contributed by atoms with van der Waals surface area (Å²) in [4.78, 5) is 0. The molecule has 2 heterocycles. The summed E-state index contributed by atoms with van der Waals surface area (Å²) >= 11 is 1.51. The molecule has 3 aromatic rings. The van der Waals surface area contributed by atoms with Crippen LogP contribution < -0.4 is 9.47 Å². The Balaban J connectivity index is 1.43. The van der Waals surface area contributed by atoms with Crippen molar-refractivity contribution in [2.75, 3.05) is 6.79 Å². The molecule has 26 heavy (non-hydrogen) atoms. The van der Waals surface area contributed by atoms with Gasteiger partial charge < -0.3 is 13.9 Å². The van der Waals surface area contributed by atoms with Crippen LogP contribution in [0.15, 0.2) is 52.1 Å². The Morgan fingerprint density at radius 1 is 0.962 bits per heavy atom. The van der Waals surface area contributed by atoms with E-state index in [0.717, 1.165) is 28.4 Å². The Bertz CT molecular complexity index is 914. The minimum atomic E-state index is 0.124. The van der Waals surface area contributed by atoms with E-state index < -0.39 is 0 Å². The monoisotopic (exact) mass is 368 g/mol. The van der Waals surface area contributed by atoms with Crippen molar-refractivity contribution in [1.29, 1.82) is 0 Å². The molecule has 5 nitrogen and oxygen atoms in total. The molecule has 134 valence electrons. The first-order chi connectivity index (χ1) is 12.5. The maximum atomic E-state index is 5.79. The lowest BCUT2D eigenvalue weighted by Crippen LogP contribution is -2.10. The van der Waals surface area contributed by atoms with Crippen LogP contribution in [0.1, 0.15) is 31.9 Å². The van der Waals surface area contributed by atoms with Gasteiger partial charge in [-0.15, -0.1) is 10.2 Å². The number of thioether (sulfide) groups is 1. The van der Waals surface area contributed by atoms with Crippen molar-refractivity contribution < 1.29 is 13.9 Å². The Morgan fingerprint density at radius 3 is 2.50 bits per heavy atom. The normalized spacial score (nSPS) is 13.2. The molecule has 0 bridgehead atoms. The fraction of sp³-hybridized carbons (Fsp3) is 0.300. The number of rotatable bonds is 4. The summed E-state index contributed by atoms with van der Waals surface area (Å²) in [6.45, 7) is 6.87. The maximum absolute atomic E-state index is 5.79. The third-order valence-corrected chi connectivity index (χ3v) is 5.09. The van der Waals surface area contributed by atoms with Gasteiger partial charge in [-0.2, -0.15) is 0 Å². The van der Waals surface area contributed by atoms with Crippen LogP contribution in [0, 0.1) is 0 Å². The number of fused-ring (bicyclic) bond motifs is 1. The number of nitrogens with zero attached hydrogens (tertiary/aromatic N) is 2. The molecular formula is C20H20N2O3S. The molecule has 6 heteroatoms. The molecule has 4 rings (SSSR count). The first-order valence-electron chi connectivity index (χ1n) is 8.45. The van der Waals surface area contributed by atoms with E-state index in [1.165, 1.54) is 17.3 Å². The van der Waals surface area contributed by atoms with Crippen LogP contribution in [-0.4, -0.2) is 17.0 Å². The summed E-state index contributed by atoms with van der Waals surface area (Å²) in [7, 11) is 0. The molecule has 0 saturated heterocycles. The van der Waals surface area contributed by atoms with Crippen LogP contribution >= 0.6 is 11.8 Å². The minimum Gasteiger partial charge on any atom is -0.454 e. The van der Waals surface area contributed by atoms with Crippen LogP contribution in [-0.2, 0) is 11.2 Å². The Hall–Kier alpha value is -2.47. The first-order valence-corrected chi connectivity index (χ1v) is 9.43. The van der Waals surface area contributed by atoms with Gasteiger partial charge in [0, 0.05) is 11.3 Å². The van der Waals surface area contributed by atoms with Gasteiger partial charge in [0.1, 0.15) is 0 Å². The van der Waals surface area contributed by atoms with E-state index in [2.05, 4.69) is 43.1 Å². The van der Waals surface area contributed by atoms with Gasteiger partial charge in [0.15, 0.2) is 11.5 Å². The molecule has 0 amide bonds. The van der Waals surface area contributed by atoms with Crippen LogP contribution in [0.3, 0.4) is 0 Å². The number of benzene rings is 2. The van der Waals surface area contributed by atoms with Gasteiger partial charge in [-0.3, -0.25) is 0 Å². The van der Waals surface area contributed by atoms with E-state index >= 15 is 0 Å². The molecule has 0 saturated carbocycles. The number of hydrogen-bond donors (Lipinski definition) is 0. The van der Waals surface area contributed by atoms with Gasteiger partial charge in [0.2, 0.25) is 12.7 Å². The van der Waals surface area contributed by atoms with Crippen LogP contribution in [0.5, 0.6) is 11.5 Å². The quantitative estimate of drug-likeness (QED) is 0.600. The van der Waals surface area contributed by atoms with E-state index in [1.54, 1.807) is 0 Å². The molecule has 0 unspecified atom stereocenters. The van der Waals surface area contributed by atoms with Gasteiger partial charge in [-0.25, -0.2) is 0 Å². The van der Waals surface area contributed by atoms with E-state index in [-0.39, 0.29) is 12.2 Å². The zero-order valence-electron chi connectivity index (χ0n) is 15.0. The lowest BCUT2D eigenvalue weighted by atomic mass is 9.87. The van der Waals surface area contributed by atoms with E-state index in [9.17, 15) is 0 Å². The summed E-state index contributed by atoms with van der Waals surface area (Å²) in [6.07, 6.45) is 0. The third-order valence-electron chi connectivity index (χ3n) is 4.20. The van der Waals surface area contributed by atoms with Crippen molar-refractivity contribution >= 4 is 11.8 Å². The fourth-order valence-electron chi connectivity index (χ4n) is 2.67. The molecule has 1 aliphatic rings. The lowest BCUT2D eigenvalue weighted by Gasteiger charge is -2.18. The minimum absolute atomic E-state index is 0.124. The molecule has 0 aliphatic carbocycles. The SMILES string of the molecule is CC(C)(C)c1ccc(-c2nnc(SCc3ccc4c(c3)OCO4)o2)cc1.